The van der Waals surface area contributed by atoms with E-state index in [1.165, 1.54) is 0 Å². The fourth-order valence-electron chi connectivity index (χ4n) is 3.33. The molecule has 1 fully saturated rings. The van der Waals surface area contributed by atoms with E-state index in [0.717, 1.165) is 19.3 Å². The Morgan fingerprint density at radius 1 is 1.23 bits per heavy atom. The molecule has 1 atom stereocenters. The molecule has 3 rings (SSSR count). The van der Waals surface area contributed by atoms with Crippen LogP contribution in [-0.4, -0.2) is 55.6 Å². The highest BCUT2D eigenvalue weighted by atomic mass is 35.5. The van der Waals surface area contributed by atoms with Crippen LogP contribution >= 0.6 is 12.4 Å². The zero-order valence-electron chi connectivity index (χ0n) is 14.7. The van der Waals surface area contributed by atoms with Gasteiger partial charge in [-0.3, -0.25) is 9.59 Å². The van der Waals surface area contributed by atoms with Crippen LogP contribution in [0.2, 0.25) is 0 Å². The Balaban J connectivity index is 0.00000243. The van der Waals surface area contributed by atoms with Crippen molar-refractivity contribution >= 4 is 24.2 Å². The van der Waals surface area contributed by atoms with Crippen molar-refractivity contribution in [1.29, 1.82) is 0 Å². The summed E-state index contributed by atoms with van der Waals surface area (Å²) in [5.74, 6) is 0.992. The topological polar surface area (TPSA) is 93.9 Å². The number of benzene rings is 1. The first-order valence-corrected chi connectivity index (χ1v) is 8.87. The monoisotopic (exact) mass is 383 g/mol. The Labute approximate surface area is 159 Å². The standard InChI is InChI=1S/C18H25N3O4.ClH/c19-8-7-16(22)20-12-13-4-1-2-9-21(13)18(23)14-5-3-6-15-17(14)25-11-10-24-15;/h3,5-6,13H,1-2,4,7-12,19H2,(H,20,22);1H. The van der Waals surface area contributed by atoms with Gasteiger partial charge in [0.05, 0.1) is 5.56 Å². The first-order valence-electron chi connectivity index (χ1n) is 8.87. The van der Waals surface area contributed by atoms with E-state index < -0.39 is 0 Å². The molecule has 0 bridgehead atoms. The first kappa shape index (κ1) is 20.3. The van der Waals surface area contributed by atoms with Gasteiger partial charge in [-0.2, -0.15) is 0 Å². The Morgan fingerprint density at radius 3 is 2.85 bits per heavy atom. The number of hydrogen-bond donors (Lipinski definition) is 2. The number of ether oxygens (including phenoxy) is 2. The lowest BCUT2D eigenvalue weighted by Gasteiger charge is -2.36. The normalized spacial score (nSPS) is 18.7. The zero-order valence-corrected chi connectivity index (χ0v) is 15.6. The van der Waals surface area contributed by atoms with E-state index in [1.807, 2.05) is 17.0 Å². The molecule has 0 saturated carbocycles. The van der Waals surface area contributed by atoms with Crippen LogP contribution in [0.1, 0.15) is 36.0 Å². The van der Waals surface area contributed by atoms with Crippen molar-refractivity contribution in [3.05, 3.63) is 23.8 Å². The molecule has 1 aromatic carbocycles. The molecular formula is C18H26ClN3O4. The summed E-state index contributed by atoms with van der Waals surface area (Å²) in [4.78, 5) is 26.6. The molecule has 7 nitrogen and oxygen atoms in total. The Hall–Kier alpha value is -1.99. The minimum atomic E-state index is -0.0747. The number of nitrogens with two attached hydrogens (primary N) is 1. The summed E-state index contributed by atoms with van der Waals surface area (Å²) >= 11 is 0. The van der Waals surface area contributed by atoms with Crippen LogP contribution in [0.3, 0.4) is 0 Å². The fourth-order valence-corrected chi connectivity index (χ4v) is 3.33. The molecule has 1 saturated heterocycles. The number of fused-ring (bicyclic) bond motifs is 1. The van der Waals surface area contributed by atoms with E-state index >= 15 is 0 Å². The third kappa shape index (κ3) is 4.59. The van der Waals surface area contributed by atoms with E-state index in [9.17, 15) is 9.59 Å². The molecule has 8 heteroatoms. The van der Waals surface area contributed by atoms with E-state index in [1.54, 1.807) is 6.07 Å². The molecule has 2 aliphatic heterocycles. The maximum absolute atomic E-state index is 13.1. The maximum Gasteiger partial charge on any atom is 0.258 e. The summed E-state index contributed by atoms with van der Waals surface area (Å²) < 4.78 is 11.2. The number of nitrogens with zero attached hydrogens (tertiary/aromatic N) is 1. The lowest BCUT2D eigenvalue weighted by Crippen LogP contribution is -2.49. The maximum atomic E-state index is 13.1. The van der Waals surface area contributed by atoms with Gasteiger partial charge in [0.1, 0.15) is 13.2 Å². The molecular weight excluding hydrogens is 358 g/mol. The number of likely N-dealkylation sites (tertiary alicyclic amines) is 1. The van der Waals surface area contributed by atoms with Crippen molar-refractivity contribution in [3.63, 3.8) is 0 Å². The molecule has 1 aromatic rings. The number of carbonyl (C=O) groups excluding carboxylic acids is 2. The van der Waals surface area contributed by atoms with Crippen LogP contribution < -0.4 is 20.5 Å². The van der Waals surface area contributed by atoms with Gasteiger partial charge in [-0.1, -0.05) is 6.07 Å². The van der Waals surface area contributed by atoms with Crippen molar-refractivity contribution in [2.24, 2.45) is 5.73 Å². The lowest BCUT2D eigenvalue weighted by molar-refractivity contribution is -0.121. The zero-order chi connectivity index (χ0) is 17.6. The fraction of sp³-hybridized carbons (Fsp3) is 0.556. The van der Waals surface area contributed by atoms with E-state index in [0.29, 0.717) is 56.3 Å². The molecule has 1 unspecified atom stereocenters. The number of piperidine rings is 1. The third-order valence-corrected chi connectivity index (χ3v) is 4.59. The van der Waals surface area contributed by atoms with E-state index in [-0.39, 0.29) is 30.3 Å². The minimum absolute atomic E-state index is 0. The summed E-state index contributed by atoms with van der Waals surface area (Å²) in [6.07, 6.45) is 3.19. The molecule has 0 radical (unpaired) electrons. The van der Waals surface area contributed by atoms with Gasteiger partial charge in [0.15, 0.2) is 11.5 Å². The Kier molecular flexibility index (Phi) is 7.53. The largest absolute Gasteiger partial charge is 0.486 e. The van der Waals surface area contributed by atoms with Crippen LogP contribution in [0.5, 0.6) is 11.5 Å². The third-order valence-electron chi connectivity index (χ3n) is 4.59. The molecule has 2 heterocycles. The summed E-state index contributed by atoms with van der Waals surface area (Å²) in [6, 6.07) is 5.38. The van der Waals surface area contributed by atoms with Crippen molar-refractivity contribution in [2.45, 2.75) is 31.7 Å². The van der Waals surface area contributed by atoms with Gasteiger partial charge in [-0.15, -0.1) is 12.4 Å². The first-order chi connectivity index (χ1) is 12.2. The summed E-state index contributed by atoms with van der Waals surface area (Å²) in [7, 11) is 0. The van der Waals surface area contributed by atoms with Crippen LogP contribution in [0.15, 0.2) is 18.2 Å². The Bertz CT molecular complexity index is 641. The second-order valence-electron chi connectivity index (χ2n) is 6.32. The SMILES string of the molecule is Cl.NCCC(=O)NCC1CCCCN1C(=O)c1cccc2c1OCCO2. The number of amides is 2. The molecule has 26 heavy (non-hydrogen) atoms. The number of carbonyl (C=O) groups is 2. The molecule has 2 aliphatic rings. The molecule has 0 spiro atoms. The number of halogens is 1. The number of nitrogens with one attached hydrogen (secondary N) is 1. The molecule has 2 amide bonds. The quantitative estimate of drug-likeness (QED) is 0.800. The Morgan fingerprint density at radius 2 is 2.04 bits per heavy atom. The van der Waals surface area contributed by atoms with Gasteiger partial charge < -0.3 is 25.4 Å². The predicted octanol–water partition coefficient (Wildman–Crippen LogP) is 1.34. The highest BCUT2D eigenvalue weighted by Crippen LogP contribution is 2.35. The second kappa shape index (κ2) is 9.64. The highest BCUT2D eigenvalue weighted by molar-refractivity contribution is 5.98. The van der Waals surface area contributed by atoms with Crippen LogP contribution in [-0.2, 0) is 4.79 Å². The number of para-hydroxylation sites is 1. The van der Waals surface area contributed by atoms with Gasteiger partial charge in [-0.25, -0.2) is 0 Å². The van der Waals surface area contributed by atoms with Crippen LogP contribution in [0.4, 0.5) is 0 Å². The van der Waals surface area contributed by atoms with Crippen molar-refractivity contribution < 1.29 is 19.1 Å². The van der Waals surface area contributed by atoms with Gasteiger partial charge >= 0.3 is 0 Å². The second-order valence-corrected chi connectivity index (χ2v) is 6.32. The van der Waals surface area contributed by atoms with Crippen LogP contribution in [0, 0.1) is 0 Å². The predicted molar refractivity (Wildman–Crippen MR) is 100 cm³/mol. The molecule has 0 aliphatic carbocycles. The minimum Gasteiger partial charge on any atom is -0.486 e. The number of hydrogen-bond acceptors (Lipinski definition) is 5. The van der Waals surface area contributed by atoms with E-state index in [4.69, 9.17) is 15.2 Å². The van der Waals surface area contributed by atoms with Gasteiger partial charge in [0, 0.05) is 32.1 Å². The summed E-state index contributed by atoms with van der Waals surface area (Å²) in [6.45, 7) is 2.39. The van der Waals surface area contributed by atoms with Gasteiger partial charge in [0.25, 0.3) is 5.91 Å². The smallest absolute Gasteiger partial charge is 0.258 e. The molecule has 0 aromatic heterocycles. The lowest BCUT2D eigenvalue weighted by atomic mass is 10.00. The molecule has 144 valence electrons. The summed E-state index contributed by atoms with van der Waals surface area (Å²) in [5.41, 5.74) is 5.93. The van der Waals surface area contributed by atoms with Gasteiger partial charge in [0.2, 0.25) is 5.91 Å². The summed E-state index contributed by atoms with van der Waals surface area (Å²) in [5, 5.41) is 2.88. The van der Waals surface area contributed by atoms with Crippen molar-refractivity contribution in [2.75, 3.05) is 32.8 Å². The number of rotatable bonds is 5. The van der Waals surface area contributed by atoms with Crippen molar-refractivity contribution in [1.82, 2.24) is 10.2 Å². The van der Waals surface area contributed by atoms with E-state index in [2.05, 4.69) is 5.32 Å². The average Bonchev–Trinajstić information content (AvgIpc) is 2.66. The molecule has 3 N–H and O–H groups in total. The van der Waals surface area contributed by atoms with Crippen LogP contribution in [0.25, 0.3) is 0 Å². The van der Waals surface area contributed by atoms with Crippen molar-refractivity contribution in [3.8, 4) is 11.5 Å². The van der Waals surface area contributed by atoms with Gasteiger partial charge in [-0.05, 0) is 31.4 Å². The highest BCUT2D eigenvalue weighted by Gasteiger charge is 2.30. The average molecular weight is 384 g/mol.